The third-order valence-electron chi connectivity index (χ3n) is 12.9. The molecular weight excluding hydrogens is 775 g/mol. The fourth-order valence-corrected chi connectivity index (χ4v) is 11.1. The fraction of sp³-hybridized carbons (Fsp3) is 0.0526. The summed E-state index contributed by atoms with van der Waals surface area (Å²) >= 11 is 1.85. The Morgan fingerprint density at radius 2 is 1.21 bits per heavy atom. The lowest BCUT2D eigenvalue weighted by Crippen LogP contribution is -2.17. The first-order valence-corrected chi connectivity index (χ1v) is 22.1. The number of rotatable bonds is 4. The van der Waals surface area contributed by atoms with Crippen molar-refractivity contribution in [3.05, 3.63) is 205 Å². The SMILES string of the molecule is CC1C/C=C(\c2c(-n3c4ccccc4c4cc5ccccc5cc43)ccc3c2oc2ccccc23)N=C(c2cccc3ccccc23)N=C1c1cccc2c1sc1ccccc12. The number of fused-ring (bicyclic) bond motifs is 11. The van der Waals surface area contributed by atoms with E-state index in [0.717, 1.165) is 78.4 Å². The molecule has 3 aromatic heterocycles. The summed E-state index contributed by atoms with van der Waals surface area (Å²) < 4.78 is 12.0. The van der Waals surface area contributed by atoms with Crippen LogP contribution < -0.4 is 0 Å². The number of allylic oxidation sites excluding steroid dienone is 1. The summed E-state index contributed by atoms with van der Waals surface area (Å²) in [5.41, 5.74) is 9.93. The van der Waals surface area contributed by atoms with Gasteiger partial charge in [-0.15, -0.1) is 11.3 Å². The summed E-state index contributed by atoms with van der Waals surface area (Å²) in [4.78, 5) is 11.5. The minimum atomic E-state index is 0.0687. The summed E-state index contributed by atoms with van der Waals surface area (Å²) in [7, 11) is 0. The molecule has 1 aliphatic heterocycles. The zero-order valence-electron chi connectivity index (χ0n) is 33.8. The lowest BCUT2D eigenvalue weighted by Gasteiger charge is -2.21. The number of hydrogen-bond acceptors (Lipinski definition) is 4. The average Bonchev–Trinajstić information content (AvgIpc) is 3.99. The fourth-order valence-electron chi connectivity index (χ4n) is 9.91. The van der Waals surface area contributed by atoms with Crippen LogP contribution in [0.2, 0.25) is 0 Å². The van der Waals surface area contributed by atoms with Gasteiger partial charge in [0.1, 0.15) is 11.2 Å². The van der Waals surface area contributed by atoms with Gasteiger partial charge in [0.15, 0.2) is 5.84 Å². The maximum atomic E-state index is 6.99. The van der Waals surface area contributed by atoms with Crippen LogP contribution in [0.1, 0.15) is 30.0 Å². The van der Waals surface area contributed by atoms with Gasteiger partial charge in [0.25, 0.3) is 0 Å². The summed E-state index contributed by atoms with van der Waals surface area (Å²) in [6, 6.07) is 65.3. The van der Waals surface area contributed by atoms with Crippen LogP contribution in [0.15, 0.2) is 202 Å². The topological polar surface area (TPSA) is 42.8 Å². The highest BCUT2D eigenvalue weighted by atomic mass is 32.1. The Kier molecular flexibility index (Phi) is 7.78. The Balaban J connectivity index is 1.13. The minimum Gasteiger partial charge on any atom is -0.455 e. The zero-order chi connectivity index (χ0) is 40.9. The molecule has 292 valence electrons. The lowest BCUT2D eigenvalue weighted by atomic mass is 9.92. The predicted molar refractivity (Wildman–Crippen MR) is 264 cm³/mol. The quantitative estimate of drug-likeness (QED) is 0.175. The van der Waals surface area contributed by atoms with Crippen LogP contribution in [0, 0.1) is 5.92 Å². The molecule has 1 unspecified atom stereocenters. The first kappa shape index (κ1) is 35.2. The van der Waals surface area contributed by atoms with E-state index in [-0.39, 0.29) is 5.92 Å². The van der Waals surface area contributed by atoms with Gasteiger partial charge in [-0.1, -0.05) is 153 Å². The molecule has 0 N–H and O–H groups in total. The van der Waals surface area contributed by atoms with E-state index in [1.54, 1.807) is 0 Å². The maximum Gasteiger partial charge on any atom is 0.160 e. The first-order chi connectivity index (χ1) is 30.7. The van der Waals surface area contributed by atoms with Gasteiger partial charge in [-0.05, 0) is 70.4 Å². The van der Waals surface area contributed by atoms with Crippen molar-refractivity contribution in [3.8, 4) is 5.69 Å². The molecule has 0 spiro atoms. The van der Waals surface area contributed by atoms with E-state index in [1.165, 1.54) is 47.3 Å². The molecule has 0 aliphatic carbocycles. The molecule has 0 saturated heterocycles. The van der Waals surface area contributed by atoms with Gasteiger partial charge >= 0.3 is 0 Å². The summed E-state index contributed by atoms with van der Waals surface area (Å²) in [6.07, 6.45) is 3.07. The molecular formula is C57H37N3OS. The smallest absolute Gasteiger partial charge is 0.160 e. The number of furan rings is 1. The summed E-state index contributed by atoms with van der Waals surface area (Å²) in [5, 5.41) is 11.8. The van der Waals surface area contributed by atoms with E-state index in [1.807, 2.05) is 17.4 Å². The third-order valence-corrected chi connectivity index (χ3v) is 14.1. The van der Waals surface area contributed by atoms with Gasteiger partial charge in [0, 0.05) is 58.8 Å². The third kappa shape index (κ3) is 5.31. The molecule has 4 heterocycles. The highest BCUT2D eigenvalue weighted by Gasteiger charge is 2.27. The van der Waals surface area contributed by atoms with Crippen LogP contribution in [0.5, 0.6) is 0 Å². The summed E-state index contributed by atoms with van der Waals surface area (Å²) in [5.74, 6) is 0.749. The number of aromatic nitrogens is 1. The second-order valence-corrected chi connectivity index (χ2v) is 17.5. The van der Waals surface area contributed by atoms with Crippen LogP contribution in [0.4, 0.5) is 0 Å². The number of aliphatic imine (C=N–C) groups is 2. The molecule has 0 saturated carbocycles. The summed E-state index contributed by atoms with van der Waals surface area (Å²) in [6.45, 7) is 2.31. The first-order valence-electron chi connectivity index (χ1n) is 21.3. The Bertz CT molecular complexity index is 3930. The van der Waals surface area contributed by atoms with E-state index in [2.05, 4.69) is 193 Å². The van der Waals surface area contributed by atoms with Crippen molar-refractivity contribution in [1.29, 1.82) is 0 Å². The van der Waals surface area contributed by atoms with Crippen molar-refractivity contribution >= 4 is 114 Å². The van der Waals surface area contributed by atoms with Crippen LogP contribution in [0.3, 0.4) is 0 Å². The van der Waals surface area contributed by atoms with Crippen molar-refractivity contribution in [1.82, 2.24) is 4.57 Å². The van der Waals surface area contributed by atoms with E-state index in [4.69, 9.17) is 14.4 Å². The number of hydrogen-bond donors (Lipinski definition) is 0. The van der Waals surface area contributed by atoms with E-state index in [9.17, 15) is 0 Å². The zero-order valence-corrected chi connectivity index (χ0v) is 34.7. The largest absolute Gasteiger partial charge is 0.455 e. The molecule has 0 bridgehead atoms. The number of amidine groups is 1. The molecule has 0 amide bonds. The normalized spacial score (nSPS) is 15.8. The van der Waals surface area contributed by atoms with Crippen molar-refractivity contribution in [2.75, 3.05) is 0 Å². The van der Waals surface area contributed by atoms with Crippen LogP contribution in [-0.4, -0.2) is 16.1 Å². The molecule has 1 aliphatic rings. The second-order valence-electron chi connectivity index (χ2n) is 16.5. The Labute approximate surface area is 361 Å². The van der Waals surface area contributed by atoms with E-state index < -0.39 is 0 Å². The molecule has 4 nitrogen and oxygen atoms in total. The second kappa shape index (κ2) is 13.7. The standard InChI is InChI=1S/C57H37N3OS/c1-34-28-30-47(58-57(44-23-12-17-35-14-4-5-18-38(35)44)59-54(34)45-24-13-22-43-41-21-8-11-27-52(41)62-56(43)45)53-49(31-29-42-40-20-7-10-26-51(40)61-55(42)53)60-48-25-9-6-19-39(48)46-32-36-15-2-3-16-37(36)33-50(46)60/h2-27,29-34H,28H2,1H3/b47-30+,58-57?,59-54?. The highest BCUT2D eigenvalue weighted by molar-refractivity contribution is 7.26. The van der Waals surface area contributed by atoms with Gasteiger partial charge < -0.3 is 8.98 Å². The Morgan fingerprint density at radius 1 is 0.532 bits per heavy atom. The van der Waals surface area contributed by atoms with Crippen molar-refractivity contribution in [3.63, 3.8) is 0 Å². The molecule has 1 atom stereocenters. The van der Waals surface area contributed by atoms with Crippen LogP contribution in [-0.2, 0) is 0 Å². The highest BCUT2D eigenvalue weighted by Crippen LogP contribution is 2.44. The number of nitrogens with zero attached hydrogens (tertiary/aromatic N) is 3. The van der Waals surface area contributed by atoms with Crippen molar-refractivity contribution in [2.45, 2.75) is 13.3 Å². The minimum absolute atomic E-state index is 0.0687. The number of benzene rings is 9. The average molecular weight is 812 g/mol. The molecule has 5 heteroatoms. The molecule has 9 aromatic carbocycles. The Morgan fingerprint density at radius 3 is 2.10 bits per heavy atom. The number of thiophene rings is 1. The van der Waals surface area contributed by atoms with Crippen molar-refractivity contribution < 1.29 is 4.42 Å². The monoisotopic (exact) mass is 811 g/mol. The van der Waals surface area contributed by atoms with Gasteiger partial charge in [-0.25, -0.2) is 9.98 Å². The molecule has 12 aromatic rings. The van der Waals surface area contributed by atoms with Crippen LogP contribution >= 0.6 is 11.3 Å². The van der Waals surface area contributed by atoms with E-state index >= 15 is 0 Å². The molecule has 0 radical (unpaired) electrons. The number of para-hydroxylation sites is 2. The maximum absolute atomic E-state index is 6.99. The molecule has 13 rings (SSSR count). The van der Waals surface area contributed by atoms with E-state index in [0.29, 0.717) is 5.84 Å². The molecule has 62 heavy (non-hydrogen) atoms. The van der Waals surface area contributed by atoms with Gasteiger partial charge in [0.2, 0.25) is 0 Å². The van der Waals surface area contributed by atoms with Gasteiger partial charge in [-0.2, -0.15) is 0 Å². The molecule has 0 fully saturated rings. The lowest BCUT2D eigenvalue weighted by molar-refractivity contribution is 0.667. The van der Waals surface area contributed by atoms with Crippen LogP contribution in [0.25, 0.3) is 96.8 Å². The van der Waals surface area contributed by atoms with Gasteiger partial charge in [-0.3, -0.25) is 0 Å². The van der Waals surface area contributed by atoms with Crippen molar-refractivity contribution in [2.24, 2.45) is 15.9 Å². The Hall–Kier alpha value is -7.60. The van der Waals surface area contributed by atoms with Gasteiger partial charge in [0.05, 0.1) is 33.7 Å². The predicted octanol–water partition coefficient (Wildman–Crippen LogP) is 15.7.